The van der Waals surface area contributed by atoms with E-state index in [9.17, 15) is 9.59 Å². The Kier molecular flexibility index (Phi) is 5.83. The van der Waals surface area contributed by atoms with E-state index in [2.05, 4.69) is 4.98 Å². The van der Waals surface area contributed by atoms with Gasteiger partial charge >= 0.3 is 0 Å². The molecule has 0 bridgehead atoms. The molecule has 146 valence electrons. The summed E-state index contributed by atoms with van der Waals surface area (Å²) < 4.78 is 5.30. The predicted molar refractivity (Wildman–Crippen MR) is 113 cm³/mol. The number of benzene rings is 2. The van der Waals surface area contributed by atoms with Crippen LogP contribution in [-0.4, -0.2) is 18.0 Å². The second kappa shape index (κ2) is 8.30. The number of aromatic amines is 1. The average molecular weight is 378 g/mol. The van der Waals surface area contributed by atoms with Crippen molar-refractivity contribution in [1.82, 2.24) is 4.98 Å². The van der Waals surface area contributed by atoms with Gasteiger partial charge in [-0.2, -0.15) is 0 Å². The van der Waals surface area contributed by atoms with Crippen LogP contribution in [0.15, 0.2) is 53.3 Å². The van der Waals surface area contributed by atoms with E-state index in [1.165, 1.54) is 0 Å². The molecule has 0 fully saturated rings. The third-order valence-corrected chi connectivity index (χ3v) is 4.65. The van der Waals surface area contributed by atoms with Gasteiger partial charge in [0.15, 0.2) is 0 Å². The predicted octanol–water partition coefficient (Wildman–Crippen LogP) is 4.42. The lowest BCUT2D eigenvalue weighted by Gasteiger charge is -2.24. The van der Waals surface area contributed by atoms with Crippen LogP contribution in [-0.2, 0) is 11.3 Å². The van der Waals surface area contributed by atoms with Gasteiger partial charge in [-0.1, -0.05) is 31.5 Å². The number of rotatable bonds is 6. The number of carbonyl (C=O) groups is 1. The van der Waals surface area contributed by atoms with Gasteiger partial charge in [0.25, 0.3) is 5.56 Å². The molecule has 3 rings (SSSR count). The fraction of sp³-hybridized carbons (Fsp3) is 0.304. The van der Waals surface area contributed by atoms with Crippen molar-refractivity contribution in [3.63, 3.8) is 0 Å². The van der Waals surface area contributed by atoms with E-state index in [1.54, 1.807) is 12.0 Å². The zero-order valence-electron chi connectivity index (χ0n) is 16.8. The van der Waals surface area contributed by atoms with Crippen molar-refractivity contribution in [2.24, 2.45) is 5.92 Å². The number of nitrogens with zero attached hydrogens (tertiary/aromatic N) is 1. The van der Waals surface area contributed by atoms with E-state index >= 15 is 0 Å². The first kappa shape index (κ1) is 19.7. The van der Waals surface area contributed by atoms with Gasteiger partial charge in [-0.15, -0.1) is 0 Å². The Morgan fingerprint density at radius 1 is 1.14 bits per heavy atom. The maximum atomic E-state index is 13.0. The van der Waals surface area contributed by atoms with Gasteiger partial charge in [0.05, 0.1) is 13.7 Å². The normalized spacial score (nSPS) is 11.0. The highest BCUT2D eigenvalue weighted by Crippen LogP contribution is 2.24. The van der Waals surface area contributed by atoms with Crippen molar-refractivity contribution in [3.05, 3.63) is 70.0 Å². The van der Waals surface area contributed by atoms with E-state index < -0.39 is 0 Å². The summed E-state index contributed by atoms with van der Waals surface area (Å²) in [5, 5.41) is 0.955. The summed E-state index contributed by atoms with van der Waals surface area (Å²) in [7, 11) is 1.59. The van der Waals surface area contributed by atoms with E-state index in [0.29, 0.717) is 23.4 Å². The minimum atomic E-state index is -0.179. The molecule has 3 aromatic rings. The number of anilines is 1. The van der Waals surface area contributed by atoms with Crippen LogP contribution in [0.4, 0.5) is 5.69 Å². The number of aromatic nitrogens is 1. The summed E-state index contributed by atoms with van der Waals surface area (Å²) in [5.41, 5.74) is 3.00. The van der Waals surface area contributed by atoms with Crippen LogP contribution in [0.3, 0.4) is 0 Å². The van der Waals surface area contributed by atoms with Gasteiger partial charge in [0.1, 0.15) is 5.75 Å². The van der Waals surface area contributed by atoms with Crippen molar-refractivity contribution in [1.29, 1.82) is 0 Å². The Labute approximate surface area is 165 Å². The third kappa shape index (κ3) is 4.42. The fourth-order valence-corrected chi connectivity index (χ4v) is 3.22. The van der Waals surface area contributed by atoms with Crippen molar-refractivity contribution >= 4 is 22.5 Å². The molecule has 0 unspecified atom stereocenters. The highest BCUT2D eigenvalue weighted by atomic mass is 16.5. The molecule has 0 aliphatic heterocycles. The lowest BCUT2D eigenvalue weighted by atomic mass is 10.1. The number of fused-ring (bicyclic) bond motifs is 1. The summed E-state index contributed by atoms with van der Waals surface area (Å²) in [6.45, 7) is 6.23. The summed E-state index contributed by atoms with van der Waals surface area (Å²) in [6, 6.07) is 15.1. The number of methoxy groups -OCH3 is 1. The Balaban J connectivity index is 2.03. The zero-order valence-corrected chi connectivity index (χ0v) is 16.8. The number of H-pyrrole nitrogens is 1. The SMILES string of the molecule is COc1cccc(N(Cc2cc3cc(C)ccc3[nH]c2=O)C(=O)CC(C)C)c1. The standard InChI is InChI=1S/C23H26N2O3/c1-15(2)10-22(26)25(19-6-5-7-20(13-19)28-4)14-18-12-17-11-16(3)8-9-21(17)24-23(18)27/h5-9,11-13,15H,10,14H2,1-4H3,(H,24,27). The van der Waals surface area contributed by atoms with E-state index in [-0.39, 0.29) is 23.9 Å². The molecular formula is C23H26N2O3. The second-order valence-electron chi connectivity index (χ2n) is 7.49. The van der Waals surface area contributed by atoms with Gasteiger partial charge in [-0.3, -0.25) is 9.59 Å². The van der Waals surface area contributed by atoms with Gasteiger partial charge in [-0.25, -0.2) is 0 Å². The van der Waals surface area contributed by atoms with Crippen molar-refractivity contribution in [3.8, 4) is 5.75 Å². The smallest absolute Gasteiger partial charge is 0.253 e. The van der Waals surface area contributed by atoms with Gasteiger partial charge in [0, 0.05) is 29.3 Å². The monoisotopic (exact) mass is 378 g/mol. The maximum absolute atomic E-state index is 13.0. The van der Waals surface area contributed by atoms with Gasteiger partial charge in [0.2, 0.25) is 5.91 Å². The molecule has 0 atom stereocenters. The minimum Gasteiger partial charge on any atom is -0.497 e. The van der Waals surface area contributed by atoms with Crippen LogP contribution >= 0.6 is 0 Å². The first-order valence-electron chi connectivity index (χ1n) is 9.44. The molecule has 1 amide bonds. The molecule has 0 radical (unpaired) electrons. The first-order valence-corrected chi connectivity index (χ1v) is 9.44. The van der Waals surface area contributed by atoms with Crippen LogP contribution in [0.2, 0.25) is 0 Å². The molecular weight excluding hydrogens is 352 g/mol. The minimum absolute atomic E-state index is 0.0213. The van der Waals surface area contributed by atoms with E-state index in [4.69, 9.17) is 4.74 Å². The maximum Gasteiger partial charge on any atom is 0.253 e. The summed E-state index contributed by atoms with van der Waals surface area (Å²) in [4.78, 5) is 30.2. The van der Waals surface area contributed by atoms with Crippen LogP contribution in [0.1, 0.15) is 31.4 Å². The number of pyridine rings is 1. The summed E-state index contributed by atoms with van der Waals surface area (Å²) >= 11 is 0. The van der Waals surface area contributed by atoms with Crippen LogP contribution in [0, 0.1) is 12.8 Å². The van der Waals surface area contributed by atoms with Crippen molar-refractivity contribution in [2.75, 3.05) is 12.0 Å². The molecule has 1 heterocycles. The molecule has 0 spiro atoms. The Morgan fingerprint density at radius 2 is 1.93 bits per heavy atom. The topological polar surface area (TPSA) is 62.4 Å². The lowest BCUT2D eigenvalue weighted by molar-refractivity contribution is -0.119. The largest absolute Gasteiger partial charge is 0.497 e. The molecule has 5 heteroatoms. The number of nitrogens with one attached hydrogen (secondary N) is 1. The number of aryl methyl sites for hydroxylation is 1. The fourth-order valence-electron chi connectivity index (χ4n) is 3.22. The van der Waals surface area contributed by atoms with Gasteiger partial charge < -0.3 is 14.6 Å². The van der Waals surface area contributed by atoms with Crippen LogP contribution in [0.25, 0.3) is 10.9 Å². The number of ether oxygens (including phenoxy) is 1. The molecule has 5 nitrogen and oxygen atoms in total. The van der Waals surface area contributed by atoms with Crippen LogP contribution < -0.4 is 15.2 Å². The van der Waals surface area contributed by atoms with Crippen LogP contribution in [0.5, 0.6) is 5.75 Å². The van der Waals surface area contributed by atoms with E-state index in [0.717, 1.165) is 16.5 Å². The molecule has 0 aliphatic rings. The zero-order chi connectivity index (χ0) is 20.3. The first-order chi connectivity index (χ1) is 13.4. The van der Waals surface area contributed by atoms with Gasteiger partial charge in [-0.05, 0) is 48.6 Å². The summed E-state index contributed by atoms with van der Waals surface area (Å²) in [6.07, 6.45) is 0.405. The molecule has 0 aliphatic carbocycles. The molecule has 0 saturated heterocycles. The second-order valence-corrected chi connectivity index (χ2v) is 7.49. The quantitative estimate of drug-likeness (QED) is 0.690. The number of amides is 1. The number of hydrogen-bond donors (Lipinski definition) is 1. The molecule has 1 N–H and O–H groups in total. The molecule has 2 aromatic carbocycles. The Bertz CT molecular complexity index is 1050. The van der Waals surface area contributed by atoms with Crippen molar-refractivity contribution in [2.45, 2.75) is 33.7 Å². The molecule has 28 heavy (non-hydrogen) atoms. The summed E-state index contributed by atoms with van der Waals surface area (Å²) in [5.74, 6) is 0.869. The lowest BCUT2D eigenvalue weighted by Crippen LogP contribution is -2.33. The average Bonchev–Trinajstić information content (AvgIpc) is 2.66. The van der Waals surface area contributed by atoms with E-state index in [1.807, 2.05) is 69.3 Å². The molecule has 0 saturated carbocycles. The Morgan fingerprint density at radius 3 is 2.64 bits per heavy atom. The third-order valence-electron chi connectivity index (χ3n) is 4.65. The molecule has 1 aromatic heterocycles. The highest BCUT2D eigenvalue weighted by molar-refractivity contribution is 5.93. The van der Waals surface area contributed by atoms with Crippen molar-refractivity contribution < 1.29 is 9.53 Å². The number of carbonyl (C=O) groups excluding carboxylic acids is 1. The Hall–Kier alpha value is -3.08. The highest BCUT2D eigenvalue weighted by Gasteiger charge is 2.19. The number of hydrogen-bond acceptors (Lipinski definition) is 3.